The van der Waals surface area contributed by atoms with E-state index in [1.807, 2.05) is 0 Å². The van der Waals surface area contributed by atoms with Gasteiger partial charge in [0.2, 0.25) is 0 Å². The molecule has 15 heavy (non-hydrogen) atoms. The second kappa shape index (κ2) is 2.90. The van der Waals surface area contributed by atoms with Crippen molar-refractivity contribution in [1.29, 1.82) is 0 Å². The fraction of sp³-hybridized carbons (Fsp3) is 0.867. The second-order valence-electron chi connectivity index (χ2n) is 6.89. The van der Waals surface area contributed by atoms with Crippen molar-refractivity contribution in [2.75, 3.05) is 0 Å². The van der Waals surface area contributed by atoms with Gasteiger partial charge < -0.3 is 0 Å². The summed E-state index contributed by atoms with van der Waals surface area (Å²) in [4.78, 5) is 0. The molecule has 0 aliphatic heterocycles. The first-order chi connectivity index (χ1) is 7.03. The Morgan fingerprint density at radius 3 is 2.67 bits per heavy atom. The van der Waals surface area contributed by atoms with Crippen LogP contribution in [0.4, 0.5) is 0 Å². The lowest BCUT2D eigenvalue weighted by Gasteiger charge is -2.25. The third-order valence-corrected chi connectivity index (χ3v) is 5.91. The summed E-state index contributed by atoms with van der Waals surface area (Å²) in [5, 5.41) is 0. The fourth-order valence-corrected chi connectivity index (χ4v) is 4.93. The zero-order valence-corrected chi connectivity index (χ0v) is 10.4. The monoisotopic (exact) mass is 204 g/mol. The molecule has 3 fully saturated rings. The maximum absolute atomic E-state index is 4.35. The molecule has 0 nitrogen and oxygen atoms in total. The van der Waals surface area contributed by atoms with E-state index in [2.05, 4.69) is 27.4 Å². The molecule has 0 heteroatoms. The van der Waals surface area contributed by atoms with Crippen molar-refractivity contribution < 1.29 is 0 Å². The van der Waals surface area contributed by atoms with Gasteiger partial charge in [-0.05, 0) is 60.7 Å². The average molecular weight is 204 g/mol. The average Bonchev–Trinajstić information content (AvgIpc) is 2.55. The third-order valence-electron chi connectivity index (χ3n) is 5.91. The molecule has 0 unspecified atom stereocenters. The summed E-state index contributed by atoms with van der Waals surface area (Å²) >= 11 is 0. The second-order valence-corrected chi connectivity index (χ2v) is 6.89. The minimum atomic E-state index is 0.655. The highest BCUT2D eigenvalue weighted by Gasteiger charge is 2.64. The molecule has 0 N–H and O–H groups in total. The SMILES string of the molecule is C=C1CC[C@@H]2[C@H]([C@@H]3[C@@H]1CC[C@@H]3C)C2(C)C. The Morgan fingerprint density at radius 2 is 1.93 bits per heavy atom. The molecule has 0 aromatic rings. The molecule has 5 atom stereocenters. The summed E-state index contributed by atoms with van der Waals surface area (Å²) in [6, 6.07) is 0. The van der Waals surface area contributed by atoms with Crippen LogP contribution in [0.5, 0.6) is 0 Å². The van der Waals surface area contributed by atoms with Gasteiger partial charge in [-0.2, -0.15) is 0 Å². The van der Waals surface area contributed by atoms with Crippen molar-refractivity contribution in [2.45, 2.75) is 46.5 Å². The van der Waals surface area contributed by atoms with Crippen LogP contribution < -0.4 is 0 Å². The summed E-state index contributed by atoms with van der Waals surface area (Å²) in [6.07, 6.45) is 5.63. The zero-order valence-electron chi connectivity index (χ0n) is 10.4. The topological polar surface area (TPSA) is 0 Å². The van der Waals surface area contributed by atoms with E-state index in [9.17, 15) is 0 Å². The molecule has 3 aliphatic rings. The Kier molecular flexibility index (Phi) is 1.92. The minimum Gasteiger partial charge on any atom is -0.0996 e. The predicted molar refractivity (Wildman–Crippen MR) is 64.5 cm³/mol. The van der Waals surface area contributed by atoms with E-state index in [1.54, 1.807) is 5.57 Å². The van der Waals surface area contributed by atoms with Crippen LogP contribution >= 0.6 is 0 Å². The first-order valence-corrected chi connectivity index (χ1v) is 6.71. The summed E-state index contributed by atoms with van der Waals surface area (Å²) < 4.78 is 0. The van der Waals surface area contributed by atoms with E-state index in [0.717, 1.165) is 29.6 Å². The van der Waals surface area contributed by atoms with Gasteiger partial charge in [-0.3, -0.25) is 0 Å². The molecule has 0 amide bonds. The van der Waals surface area contributed by atoms with Crippen LogP contribution in [0.3, 0.4) is 0 Å². The van der Waals surface area contributed by atoms with Crippen LogP contribution in [0.1, 0.15) is 46.5 Å². The number of hydrogen-bond acceptors (Lipinski definition) is 0. The number of fused-ring (bicyclic) bond motifs is 3. The molecular formula is C15H24. The van der Waals surface area contributed by atoms with Gasteiger partial charge in [0.25, 0.3) is 0 Å². The Bertz CT molecular complexity index is 299. The Labute approximate surface area is 94.1 Å². The van der Waals surface area contributed by atoms with E-state index in [0.29, 0.717) is 5.41 Å². The summed E-state index contributed by atoms with van der Waals surface area (Å²) in [5.41, 5.74) is 2.25. The molecule has 3 rings (SSSR count). The standard InChI is InChI=1S/C15H24/c1-9-6-8-12-14(15(12,3)4)13-10(2)5-7-11(9)13/h10-14H,1,5-8H2,2-4H3/t10-,11+,12+,13-,14+/m0/s1. The van der Waals surface area contributed by atoms with Crippen LogP contribution in [0, 0.1) is 35.0 Å². The molecule has 0 bridgehead atoms. The lowest BCUT2D eigenvalue weighted by molar-refractivity contribution is 0.280. The largest absolute Gasteiger partial charge is 0.0996 e. The van der Waals surface area contributed by atoms with Crippen molar-refractivity contribution in [1.82, 2.24) is 0 Å². The summed E-state index contributed by atoms with van der Waals surface area (Å²) in [6.45, 7) is 11.8. The molecule has 0 radical (unpaired) electrons. The van der Waals surface area contributed by atoms with Crippen LogP contribution in [0.2, 0.25) is 0 Å². The lowest BCUT2D eigenvalue weighted by atomic mass is 9.80. The van der Waals surface area contributed by atoms with Crippen molar-refractivity contribution in [3.8, 4) is 0 Å². The van der Waals surface area contributed by atoms with E-state index >= 15 is 0 Å². The Balaban J connectivity index is 1.93. The molecule has 3 saturated carbocycles. The molecule has 0 saturated heterocycles. The maximum atomic E-state index is 4.35. The van der Waals surface area contributed by atoms with Gasteiger partial charge in [0.15, 0.2) is 0 Å². The van der Waals surface area contributed by atoms with Gasteiger partial charge in [-0.1, -0.05) is 32.9 Å². The van der Waals surface area contributed by atoms with E-state index in [4.69, 9.17) is 0 Å². The first kappa shape index (κ1) is 9.93. The Morgan fingerprint density at radius 1 is 1.20 bits per heavy atom. The minimum absolute atomic E-state index is 0.655. The normalized spacial score (nSPS) is 51.9. The highest BCUT2D eigenvalue weighted by molar-refractivity contribution is 5.20. The van der Waals surface area contributed by atoms with Crippen molar-refractivity contribution in [3.05, 3.63) is 12.2 Å². The number of allylic oxidation sites excluding steroid dienone is 1. The summed E-state index contributed by atoms with van der Waals surface area (Å²) in [7, 11) is 0. The van der Waals surface area contributed by atoms with Crippen LogP contribution in [-0.2, 0) is 0 Å². The van der Waals surface area contributed by atoms with Gasteiger partial charge in [0, 0.05) is 0 Å². The predicted octanol–water partition coefficient (Wildman–Crippen LogP) is 4.27. The first-order valence-electron chi connectivity index (χ1n) is 6.71. The van der Waals surface area contributed by atoms with E-state index < -0.39 is 0 Å². The van der Waals surface area contributed by atoms with Gasteiger partial charge >= 0.3 is 0 Å². The molecule has 0 heterocycles. The highest BCUT2D eigenvalue weighted by atomic mass is 14.7. The van der Waals surface area contributed by atoms with Gasteiger partial charge in [0.05, 0.1) is 0 Å². The van der Waals surface area contributed by atoms with E-state index in [-0.39, 0.29) is 0 Å². The van der Waals surface area contributed by atoms with Gasteiger partial charge in [0.1, 0.15) is 0 Å². The Hall–Kier alpha value is -0.260. The van der Waals surface area contributed by atoms with Crippen LogP contribution in [-0.4, -0.2) is 0 Å². The van der Waals surface area contributed by atoms with Crippen molar-refractivity contribution in [3.63, 3.8) is 0 Å². The number of rotatable bonds is 0. The zero-order chi connectivity index (χ0) is 10.8. The molecular weight excluding hydrogens is 180 g/mol. The van der Waals surface area contributed by atoms with Gasteiger partial charge in [-0.15, -0.1) is 0 Å². The van der Waals surface area contributed by atoms with Crippen molar-refractivity contribution >= 4 is 0 Å². The quantitative estimate of drug-likeness (QED) is 0.517. The van der Waals surface area contributed by atoms with E-state index in [1.165, 1.54) is 25.7 Å². The van der Waals surface area contributed by atoms with Crippen LogP contribution in [0.25, 0.3) is 0 Å². The van der Waals surface area contributed by atoms with Crippen molar-refractivity contribution in [2.24, 2.45) is 35.0 Å². The molecule has 0 aromatic heterocycles. The third kappa shape index (κ3) is 1.20. The highest BCUT2D eigenvalue weighted by Crippen LogP contribution is 2.70. The van der Waals surface area contributed by atoms with Gasteiger partial charge in [-0.25, -0.2) is 0 Å². The molecule has 0 aromatic carbocycles. The van der Waals surface area contributed by atoms with Crippen LogP contribution in [0.15, 0.2) is 12.2 Å². The fourth-order valence-electron chi connectivity index (χ4n) is 4.93. The molecule has 84 valence electrons. The maximum Gasteiger partial charge on any atom is -0.0172 e. The molecule has 0 spiro atoms. The lowest BCUT2D eigenvalue weighted by Crippen LogP contribution is -2.18. The summed E-state index contributed by atoms with van der Waals surface area (Å²) in [5.74, 6) is 4.87. The number of hydrogen-bond donors (Lipinski definition) is 0. The molecule has 3 aliphatic carbocycles. The smallest absolute Gasteiger partial charge is 0.0172 e.